The Morgan fingerprint density at radius 3 is 2.41 bits per heavy atom. The highest BCUT2D eigenvalue weighted by atomic mass is 35.5. The molecule has 2 heterocycles. The highest BCUT2D eigenvalue weighted by Gasteiger charge is 2.42. The molecule has 0 saturated heterocycles. The minimum Gasteiger partial charge on any atom is -0.450 e. The predicted molar refractivity (Wildman–Crippen MR) is 129 cm³/mol. The zero-order valence-corrected chi connectivity index (χ0v) is 19.6. The summed E-state index contributed by atoms with van der Waals surface area (Å²) in [5, 5.41) is 0.873. The Morgan fingerprint density at radius 1 is 1.03 bits per heavy atom. The molecule has 3 aromatic rings. The van der Waals surface area contributed by atoms with Crippen LogP contribution in [0.15, 0.2) is 51.7 Å². The van der Waals surface area contributed by atoms with E-state index in [1.54, 1.807) is 23.1 Å². The van der Waals surface area contributed by atoms with Gasteiger partial charge in [-0.25, -0.2) is 0 Å². The molecule has 6 heteroatoms. The van der Waals surface area contributed by atoms with Crippen LogP contribution in [0.1, 0.15) is 60.5 Å². The van der Waals surface area contributed by atoms with Gasteiger partial charge in [0.25, 0.3) is 5.91 Å². The van der Waals surface area contributed by atoms with E-state index in [-0.39, 0.29) is 17.1 Å². The van der Waals surface area contributed by atoms with Crippen molar-refractivity contribution >= 4 is 28.5 Å². The average Bonchev–Trinajstić information content (AvgIpc) is 3.09. The zero-order chi connectivity index (χ0) is 22.8. The zero-order valence-electron chi connectivity index (χ0n) is 18.9. The number of carbonyl (C=O) groups excluding carboxylic acids is 1. The Morgan fingerprint density at radius 2 is 1.75 bits per heavy atom. The fourth-order valence-electron chi connectivity index (χ4n) is 4.51. The van der Waals surface area contributed by atoms with E-state index in [0.717, 1.165) is 38.0 Å². The quantitative estimate of drug-likeness (QED) is 0.466. The molecule has 2 aromatic carbocycles. The van der Waals surface area contributed by atoms with Crippen LogP contribution in [0.25, 0.3) is 11.0 Å². The molecule has 0 bridgehead atoms. The molecule has 0 N–H and O–H groups in total. The first-order valence-electron chi connectivity index (χ1n) is 11.4. The monoisotopic (exact) mass is 452 g/mol. The molecule has 0 radical (unpaired) electrons. The fourth-order valence-corrected chi connectivity index (χ4v) is 4.68. The number of aryl methyl sites for hydroxylation is 1. The number of amides is 1. The third kappa shape index (κ3) is 4.07. The van der Waals surface area contributed by atoms with Crippen LogP contribution in [0.3, 0.4) is 0 Å². The smallest absolute Gasteiger partial charge is 0.290 e. The second kappa shape index (κ2) is 9.47. The van der Waals surface area contributed by atoms with Gasteiger partial charge < -0.3 is 14.2 Å². The van der Waals surface area contributed by atoms with E-state index in [2.05, 4.69) is 37.8 Å². The molecule has 0 saturated carbocycles. The molecule has 1 atom stereocenters. The Bertz CT molecular complexity index is 1180. The van der Waals surface area contributed by atoms with E-state index in [1.165, 1.54) is 5.56 Å². The lowest BCUT2D eigenvalue weighted by atomic mass is 9.97. The van der Waals surface area contributed by atoms with Crippen molar-refractivity contribution in [2.45, 2.75) is 39.7 Å². The van der Waals surface area contributed by atoms with Crippen LogP contribution >= 0.6 is 11.6 Å². The maximum absolute atomic E-state index is 13.5. The van der Waals surface area contributed by atoms with Crippen LogP contribution in [-0.2, 0) is 6.42 Å². The summed E-state index contributed by atoms with van der Waals surface area (Å²) in [6.45, 7) is 9.77. The predicted octanol–water partition coefficient (Wildman–Crippen LogP) is 5.29. The van der Waals surface area contributed by atoms with Gasteiger partial charge in [-0.05, 0) is 61.8 Å². The lowest BCUT2D eigenvalue weighted by Crippen LogP contribution is -2.33. The Kier molecular flexibility index (Phi) is 6.68. The molecule has 1 amide bonds. The molecular weight excluding hydrogens is 424 g/mol. The SMILES string of the molecule is CCc1ccc([C@@H]2c3c(oc4ccc(Cl)cc4c3=O)C(=O)N2CCCN(CC)CC)cc1. The molecule has 1 aliphatic heterocycles. The molecule has 1 aromatic heterocycles. The van der Waals surface area contributed by atoms with Crippen molar-refractivity contribution in [2.24, 2.45) is 0 Å². The maximum atomic E-state index is 13.5. The Balaban J connectivity index is 1.79. The Labute approximate surface area is 193 Å². The number of hydrogen-bond donors (Lipinski definition) is 0. The van der Waals surface area contributed by atoms with E-state index in [0.29, 0.717) is 28.1 Å². The van der Waals surface area contributed by atoms with Gasteiger partial charge in [-0.2, -0.15) is 0 Å². The maximum Gasteiger partial charge on any atom is 0.290 e. The highest BCUT2D eigenvalue weighted by Crippen LogP contribution is 2.38. The topological polar surface area (TPSA) is 53.8 Å². The molecule has 0 fully saturated rings. The van der Waals surface area contributed by atoms with Gasteiger partial charge in [-0.1, -0.05) is 56.6 Å². The van der Waals surface area contributed by atoms with E-state index >= 15 is 0 Å². The third-order valence-corrected chi connectivity index (χ3v) is 6.63. The number of nitrogens with zero attached hydrogens (tertiary/aromatic N) is 2. The van der Waals surface area contributed by atoms with Gasteiger partial charge in [0.15, 0.2) is 5.43 Å². The van der Waals surface area contributed by atoms with E-state index in [1.807, 2.05) is 12.1 Å². The van der Waals surface area contributed by atoms with Gasteiger partial charge in [0.2, 0.25) is 5.76 Å². The minimum absolute atomic E-state index is 0.150. The lowest BCUT2D eigenvalue weighted by molar-refractivity contribution is 0.0720. The van der Waals surface area contributed by atoms with Crippen LogP contribution < -0.4 is 5.43 Å². The summed E-state index contributed by atoms with van der Waals surface area (Å²) < 4.78 is 5.99. The van der Waals surface area contributed by atoms with E-state index < -0.39 is 6.04 Å². The van der Waals surface area contributed by atoms with Crippen LogP contribution in [0.4, 0.5) is 0 Å². The van der Waals surface area contributed by atoms with Crippen molar-refractivity contribution < 1.29 is 9.21 Å². The molecule has 4 rings (SSSR count). The van der Waals surface area contributed by atoms with Crippen LogP contribution in [-0.4, -0.2) is 41.9 Å². The van der Waals surface area contributed by atoms with Crippen molar-refractivity contribution in [3.8, 4) is 0 Å². The van der Waals surface area contributed by atoms with E-state index in [4.69, 9.17) is 16.0 Å². The summed E-state index contributed by atoms with van der Waals surface area (Å²) in [4.78, 5) is 31.1. The summed E-state index contributed by atoms with van der Waals surface area (Å²) in [5.41, 5.74) is 2.75. The second-order valence-corrected chi connectivity index (χ2v) is 8.63. The van der Waals surface area contributed by atoms with Crippen LogP contribution in [0, 0.1) is 0 Å². The molecule has 5 nitrogen and oxygen atoms in total. The van der Waals surface area contributed by atoms with Gasteiger partial charge in [0, 0.05) is 11.6 Å². The molecule has 1 aliphatic rings. The highest BCUT2D eigenvalue weighted by molar-refractivity contribution is 6.31. The Hall–Kier alpha value is -2.63. The van der Waals surface area contributed by atoms with Gasteiger partial charge in [-0.15, -0.1) is 0 Å². The third-order valence-electron chi connectivity index (χ3n) is 6.40. The molecule has 168 valence electrons. The first-order valence-corrected chi connectivity index (χ1v) is 11.7. The summed E-state index contributed by atoms with van der Waals surface area (Å²) in [5.74, 6) is -0.0738. The number of hydrogen-bond acceptors (Lipinski definition) is 4. The van der Waals surface area contributed by atoms with Crippen LogP contribution in [0.2, 0.25) is 5.02 Å². The minimum atomic E-state index is -0.459. The average molecular weight is 453 g/mol. The fraction of sp³-hybridized carbons (Fsp3) is 0.385. The summed E-state index contributed by atoms with van der Waals surface area (Å²) >= 11 is 6.15. The van der Waals surface area contributed by atoms with Gasteiger partial charge in [0.05, 0.1) is 17.0 Å². The van der Waals surface area contributed by atoms with Crippen molar-refractivity contribution in [1.82, 2.24) is 9.80 Å². The van der Waals surface area contributed by atoms with Gasteiger partial charge in [0.1, 0.15) is 5.58 Å². The molecular formula is C26H29ClN2O3. The van der Waals surface area contributed by atoms with Crippen LogP contribution in [0.5, 0.6) is 0 Å². The van der Waals surface area contributed by atoms with Crippen molar-refractivity contribution in [2.75, 3.05) is 26.2 Å². The molecule has 32 heavy (non-hydrogen) atoms. The largest absolute Gasteiger partial charge is 0.450 e. The van der Waals surface area contributed by atoms with E-state index in [9.17, 15) is 9.59 Å². The summed E-state index contributed by atoms with van der Waals surface area (Å²) in [6.07, 6.45) is 1.75. The normalized spacial score (nSPS) is 15.7. The number of carbonyl (C=O) groups is 1. The first kappa shape index (κ1) is 22.6. The summed E-state index contributed by atoms with van der Waals surface area (Å²) in [7, 11) is 0. The molecule has 0 spiro atoms. The second-order valence-electron chi connectivity index (χ2n) is 8.19. The van der Waals surface area contributed by atoms with Crippen molar-refractivity contribution in [3.05, 3.63) is 80.2 Å². The number of rotatable bonds is 8. The molecule has 0 unspecified atom stereocenters. The van der Waals surface area contributed by atoms with Crippen molar-refractivity contribution in [3.63, 3.8) is 0 Å². The first-order chi connectivity index (χ1) is 15.5. The number of fused-ring (bicyclic) bond motifs is 2. The van der Waals surface area contributed by atoms with Gasteiger partial charge in [-0.3, -0.25) is 9.59 Å². The van der Waals surface area contributed by atoms with Gasteiger partial charge >= 0.3 is 0 Å². The number of benzene rings is 2. The lowest BCUT2D eigenvalue weighted by Gasteiger charge is -2.26. The summed E-state index contributed by atoms with van der Waals surface area (Å²) in [6, 6.07) is 12.6. The number of halogens is 1. The van der Waals surface area contributed by atoms with Crippen molar-refractivity contribution in [1.29, 1.82) is 0 Å². The molecule has 0 aliphatic carbocycles. The standard InChI is InChI=1S/C26H29ClN2O3/c1-4-17-8-10-18(11-9-17)23-22-24(30)20-16-19(27)12-13-21(20)32-25(22)26(31)29(23)15-7-14-28(5-2)6-3/h8-13,16,23H,4-7,14-15H2,1-3H3/t23-/m1/s1.